The number of carbonyl (C=O) groups is 1. The number of anilines is 1. The van der Waals surface area contributed by atoms with Gasteiger partial charge in [-0.25, -0.2) is 10.3 Å². The molecule has 1 amide bonds. The Labute approximate surface area is 209 Å². The molecule has 5 rings (SSSR count). The topological polar surface area (TPSA) is 116 Å². The van der Waals surface area contributed by atoms with E-state index in [0.29, 0.717) is 30.3 Å². The van der Waals surface area contributed by atoms with E-state index in [2.05, 4.69) is 32.0 Å². The van der Waals surface area contributed by atoms with E-state index in [4.69, 9.17) is 9.47 Å². The summed E-state index contributed by atoms with van der Waals surface area (Å²) >= 11 is 0. The number of fused-ring (bicyclic) bond motifs is 1. The number of benzene rings is 2. The van der Waals surface area contributed by atoms with Crippen molar-refractivity contribution in [3.8, 4) is 23.1 Å². The molecular weight excluding hydrogens is 458 g/mol. The third kappa shape index (κ3) is 5.21. The van der Waals surface area contributed by atoms with Crippen molar-refractivity contribution in [1.82, 2.24) is 20.6 Å². The molecule has 186 valence electrons. The molecule has 3 N–H and O–H groups in total. The van der Waals surface area contributed by atoms with Crippen LogP contribution in [0.5, 0.6) is 5.75 Å². The first kappa shape index (κ1) is 23.5. The van der Waals surface area contributed by atoms with Crippen molar-refractivity contribution < 1.29 is 14.3 Å². The zero-order valence-corrected chi connectivity index (χ0v) is 20.3. The summed E-state index contributed by atoms with van der Waals surface area (Å²) < 4.78 is 13.4. The lowest BCUT2D eigenvalue weighted by Gasteiger charge is -2.15. The van der Waals surface area contributed by atoms with Gasteiger partial charge in [0.25, 0.3) is 0 Å². The Morgan fingerprint density at radius 2 is 2.06 bits per heavy atom. The fourth-order valence-electron chi connectivity index (χ4n) is 4.25. The van der Waals surface area contributed by atoms with E-state index in [0.717, 1.165) is 34.5 Å². The minimum absolute atomic E-state index is 0.197. The first-order chi connectivity index (χ1) is 17.5. The molecule has 10 nitrogen and oxygen atoms in total. The van der Waals surface area contributed by atoms with E-state index >= 15 is 0 Å². The minimum Gasteiger partial charge on any atom is -0.492 e. The number of hydrogen-bond donors (Lipinski definition) is 3. The smallest absolute Gasteiger partial charge is 0.411 e. The predicted molar refractivity (Wildman–Crippen MR) is 137 cm³/mol. The molecule has 2 aromatic carbocycles. The SMILES string of the molecule is CC(C)OC(=O)Nc1ccc(-c2c(C#N)c3ccc(OCCN4NC=NN4)cc3n2CC2CC2)cc1. The molecule has 10 heteroatoms. The van der Waals surface area contributed by atoms with Gasteiger partial charge in [-0.15, -0.1) is 5.12 Å². The van der Waals surface area contributed by atoms with Crippen molar-refractivity contribution in [2.24, 2.45) is 11.0 Å². The van der Waals surface area contributed by atoms with Crippen LogP contribution in [0.2, 0.25) is 0 Å². The van der Waals surface area contributed by atoms with Gasteiger partial charge >= 0.3 is 6.09 Å². The van der Waals surface area contributed by atoms with E-state index in [1.54, 1.807) is 25.3 Å². The number of carbonyl (C=O) groups excluding carboxylic acids is 1. The van der Waals surface area contributed by atoms with Gasteiger partial charge in [0.15, 0.2) is 0 Å². The molecule has 2 aliphatic rings. The second-order valence-electron chi connectivity index (χ2n) is 9.21. The van der Waals surface area contributed by atoms with Crippen LogP contribution in [0.3, 0.4) is 0 Å². The van der Waals surface area contributed by atoms with Gasteiger partial charge < -0.3 is 14.0 Å². The maximum absolute atomic E-state index is 12.0. The Balaban J connectivity index is 1.43. The van der Waals surface area contributed by atoms with E-state index in [9.17, 15) is 10.1 Å². The van der Waals surface area contributed by atoms with Crippen LogP contribution in [0.4, 0.5) is 10.5 Å². The molecular formula is C26H29N7O3. The molecule has 36 heavy (non-hydrogen) atoms. The average molecular weight is 488 g/mol. The van der Waals surface area contributed by atoms with E-state index in [-0.39, 0.29) is 6.10 Å². The Morgan fingerprint density at radius 1 is 1.25 bits per heavy atom. The maximum atomic E-state index is 12.0. The zero-order chi connectivity index (χ0) is 25.1. The van der Waals surface area contributed by atoms with Gasteiger partial charge in [-0.1, -0.05) is 12.1 Å². The van der Waals surface area contributed by atoms with Crippen molar-refractivity contribution in [3.05, 3.63) is 48.0 Å². The Bertz CT molecular complexity index is 1310. The third-order valence-corrected chi connectivity index (χ3v) is 6.07. The number of rotatable bonds is 9. The van der Waals surface area contributed by atoms with Crippen LogP contribution in [0.25, 0.3) is 22.2 Å². The third-order valence-electron chi connectivity index (χ3n) is 6.07. The fourth-order valence-corrected chi connectivity index (χ4v) is 4.25. The summed E-state index contributed by atoms with van der Waals surface area (Å²) in [6, 6.07) is 15.8. The predicted octanol–water partition coefficient (Wildman–Crippen LogP) is 4.19. The largest absolute Gasteiger partial charge is 0.492 e. The van der Waals surface area contributed by atoms with Gasteiger partial charge in [0.2, 0.25) is 0 Å². The Hall–Kier alpha value is -4.23. The number of hydrazone groups is 1. The highest BCUT2D eigenvalue weighted by atomic mass is 16.6. The lowest BCUT2D eigenvalue weighted by molar-refractivity contribution is 0.130. The highest BCUT2D eigenvalue weighted by molar-refractivity contribution is 5.95. The molecule has 1 aliphatic heterocycles. The lowest BCUT2D eigenvalue weighted by Crippen LogP contribution is -2.41. The number of hydrogen-bond acceptors (Lipinski definition) is 8. The van der Waals surface area contributed by atoms with Gasteiger partial charge in [-0.05, 0) is 62.4 Å². The standard InChI is InChI=1S/C26H29N7O3/c1-17(2)36-26(34)30-20-7-5-19(6-8-20)25-23(14-27)22-10-9-21(35-12-11-33-29-16-28-31-33)13-24(22)32(25)15-18-3-4-18/h5-10,13,16-18,31H,3-4,11-12,15H2,1-2H3,(H,28,29)(H,30,34). The van der Waals surface area contributed by atoms with Crippen molar-refractivity contribution in [2.75, 3.05) is 18.5 Å². The quantitative estimate of drug-likeness (QED) is 0.414. The van der Waals surface area contributed by atoms with Crippen LogP contribution >= 0.6 is 0 Å². The van der Waals surface area contributed by atoms with E-state index < -0.39 is 6.09 Å². The molecule has 1 fully saturated rings. The van der Waals surface area contributed by atoms with Crippen molar-refractivity contribution in [3.63, 3.8) is 0 Å². The fraction of sp³-hybridized carbons (Fsp3) is 0.346. The summed E-state index contributed by atoms with van der Waals surface area (Å²) in [6.07, 6.45) is 3.26. The molecule has 1 aliphatic carbocycles. The van der Waals surface area contributed by atoms with Crippen LogP contribution < -0.4 is 21.0 Å². The number of aromatic nitrogens is 1. The molecule has 0 bridgehead atoms. The van der Waals surface area contributed by atoms with E-state index in [1.807, 2.05) is 42.5 Å². The molecule has 0 unspecified atom stereocenters. The average Bonchev–Trinajstić information content (AvgIpc) is 3.42. The summed E-state index contributed by atoms with van der Waals surface area (Å²) in [5, 5.41) is 19.4. The number of nitrogens with zero attached hydrogens (tertiary/aromatic N) is 4. The van der Waals surface area contributed by atoms with Gasteiger partial charge in [0, 0.05) is 23.7 Å². The molecule has 0 atom stereocenters. The highest BCUT2D eigenvalue weighted by Gasteiger charge is 2.27. The van der Waals surface area contributed by atoms with Gasteiger partial charge in [-0.3, -0.25) is 10.7 Å². The van der Waals surface area contributed by atoms with Crippen LogP contribution in [0, 0.1) is 17.2 Å². The monoisotopic (exact) mass is 487 g/mol. The van der Waals surface area contributed by atoms with Gasteiger partial charge in [0.1, 0.15) is 24.8 Å². The number of hydrazine groups is 2. The van der Waals surface area contributed by atoms with Crippen molar-refractivity contribution in [2.45, 2.75) is 39.3 Å². The summed E-state index contributed by atoms with van der Waals surface area (Å²) in [7, 11) is 0. The van der Waals surface area contributed by atoms with E-state index in [1.165, 1.54) is 12.8 Å². The van der Waals surface area contributed by atoms with Crippen molar-refractivity contribution in [1.29, 1.82) is 5.26 Å². The number of nitrogens with one attached hydrogen (secondary N) is 3. The first-order valence-electron chi connectivity index (χ1n) is 12.1. The van der Waals surface area contributed by atoms with Crippen molar-refractivity contribution >= 4 is 29.0 Å². The Morgan fingerprint density at radius 3 is 2.72 bits per heavy atom. The molecule has 1 saturated carbocycles. The van der Waals surface area contributed by atoms with Crippen LogP contribution in [0.1, 0.15) is 32.3 Å². The molecule has 2 heterocycles. The normalized spacial score (nSPS) is 14.9. The first-order valence-corrected chi connectivity index (χ1v) is 12.1. The van der Waals surface area contributed by atoms with Crippen LogP contribution in [-0.2, 0) is 11.3 Å². The summed E-state index contributed by atoms with van der Waals surface area (Å²) in [5.74, 6) is 1.35. The lowest BCUT2D eigenvalue weighted by atomic mass is 10.1. The zero-order valence-electron chi connectivity index (χ0n) is 20.3. The Kier molecular flexibility index (Phi) is 6.64. The van der Waals surface area contributed by atoms with Gasteiger partial charge in [-0.2, -0.15) is 10.4 Å². The minimum atomic E-state index is -0.491. The number of ether oxygens (including phenoxy) is 2. The molecule has 0 spiro atoms. The van der Waals surface area contributed by atoms with Crippen LogP contribution in [0.15, 0.2) is 47.6 Å². The van der Waals surface area contributed by atoms with Gasteiger partial charge in [0.05, 0.1) is 29.4 Å². The number of amides is 1. The van der Waals surface area contributed by atoms with Crippen LogP contribution in [-0.4, -0.2) is 41.4 Å². The summed E-state index contributed by atoms with van der Waals surface area (Å²) in [6.45, 7) is 5.51. The summed E-state index contributed by atoms with van der Waals surface area (Å²) in [5.41, 5.74) is 9.82. The molecule has 0 radical (unpaired) electrons. The second-order valence-corrected chi connectivity index (χ2v) is 9.21. The molecule has 0 saturated heterocycles. The second kappa shape index (κ2) is 10.2. The molecule has 3 aromatic rings. The number of nitriles is 1. The summed E-state index contributed by atoms with van der Waals surface area (Å²) in [4.78, 5) is 12.0. The maximum Gasteiger partial charge on any atom is 0.411 e. The molecule has 1 aromatic heterocycles. The highest BCUT2D eigenvalue weighted by Crippen LogP contribution is 2.39.